The maximum Gasteiger partial charge on any atom is 0.246 e. The molecule has 1 aromatic carbocycles. The third-order valence-electron chi connectivity index (χ3n) is 4.22. The van der Waals surface area contributed by atoms with E-state index >= 15 is 0 Å². The Hall–Kier alpha value is -2.37. The zero-order chi connectivity index (χ0) is 14.6. The molecule has 6 heteroatoms. The summed E-state index contributed by atoms with van der Waals surface area (Å²) in [5, 5.41) is 17.9. The van der Waals surface area contributed by atoms with E-state index in [1.807, 2.05) is 16.4 Å². The molecule has 1 fully saturated rings. The van der Waals surface area contributed by atoms with Crippen LogP contribution in [-0.2, 0) is 11.3 Å². The van der Waals surface area contributed by atoms with Gasteiger partial charge in [-0.2, -0.15) is 0 Å². The highest BCUT2D eigenvalue weighted by atomic mass is 16.3. The number of phenolic OH excluding ortho intramolecular Hbond substituents is 1. The van der Waals surface area contributed by atoms with E-state index in [1.165, 1.54) is 0 Å². The molecular formula is C15H16N4O2. The lowest BCUT2D eigenvalue weighted by Crippen LogP contribution is -2.43. The second-order valence-electron chi connectivity index (χ2n) is 5.73. The van der Waals surface area contributed by atoms with E-state index in [2.05, 4.69) is 10.2 Å². The molecule has 4 rings (SSSR count). The lowest BCUT2D eigenvalue weighted by Gasteiger charge is -2.32. The van der Waals surface area contributed by atoms with E-state index in [4.69, 9.17) is 0 Å². The van der Waals surface area contributed by atoms with Crippen LogP contribution in [0.1, 0.15) is 31.6 Å². The Morgan fingerprint density at radius 2 is 1.90 bits per heavy atom. The third kappa shape index (κ3) is 1.90. The number of nitrogens with zero attached hydrogens (tertiary/aromatic N) is 4. The monoisotopic (exact) mass is 284 g/mol. The Morgan fingerprint density at radius 3 is 2.57 bits per heavy atom. The Labute approximate surface area is 122 Å². The van der Waals surface area contributed by atoms with Crippen LogP contribution in [0.5, 0.6) is 5.75 Å². The van der Waals surface area contributed by atoms with Crippen LogP contribution in [0.2, 0.25) is 0 Å². The number of carbonyl (C=O) groups is 1. The van der Waals surface area contributed by atoms with E-state index in [-0.39, 0.29) is 17.7 Å². The maximum absolute atomic E-state index is 12.5. The van der Waals surface area contributed by atoms with Gasteiger partial charge in [-0.05, 0) is 44.0 Å². The predicted molar refractivity (Wildman–Crippen MR) is 75.4 cm³/mol. The summed E-state index contributed by atoms with van der Waals surface area (Å²) in [5.41, 5.74) is 0.853. The molecule has 21 heavy (non-hydrogen) atoms. The lowest BCUT2D eigenvalue weighted by molar-refractivity contribution is -0.137. The van der Waals surface area contributed by atoms with Crippen molar-refractivity contribution in [3.05, 3.63) is 30.1 Å². The van der Waals surface area contributed by atoms with Gasteiger partial charge in [0.05, 0.1) is 6.54 Å². The van der Waals surface area contributed by atoms with E-state index in [1.54, 1.807) is 24.3 Å². The van der Waals surface area contributed by atoms with E-state index in [0.29, 0.717) is 18.4 Å². The quantitative estimate of drug-likeness (QED) is 0.911. The Balaban J connectivity index is 1.76. The minimum Gasteiger partial charge on any atom is -0.508 e. The van der Waals surface area contributed by atoms with Crippen molar-refractivity contribution in [3.8, 4) is 17.1 Å². The first kappa shape index (κ1) is 12.4. The summed E-state index contributed by atoms with van der Waals surface area (Å²) < 4.78 is 1.91. The average Bonchev–Trinajstić information content (AvgIpc) is 3.23. The molecule has 1 aliphatic carbocycles. The number of hydrogen-bond acceptors (Lipinski definition) is 4. The van der Waals surface area contributed by atoms with E-state index in [0.717, 1.165) is 24.2 Å². The summed E-state index contributed by atoms with van der Waals surface area (Å²) in [6.45, 7) is 2.44. The van der Waals surface area contributed by atoms with Gasteiger partial charge < -0.3 is 10.0 Å². The number of benzene rings is 1. The van der Waals surface area contributed by atoms with Crippen LogP contribution in [0.3, 0.4) is 0 Å². The van der Waals surface area contributed by atoms with Gasteiger partial charge in [0.15, 0.2) is 11.6 Å². The third-order valence-corrected chi connectivity index (χ3v) is 4.22. The molecule has 1 N–H and O–H groups in total. The van der Waals surface area contributed by atoms with Gasteiger partial charge in [0, 0.05) is 11.6 Å². The number of aromatic nitrogens is 3. The fourth-order valence-electron chi connectivity index (χ4n) is 2.92. The summed E-state index contributed by atoms with van der Waals surface area (Å²) in [6, 6.07) is 6.91. The summed E-state index contributed by atoms with van der Waals surface area (Å²) in [5.74, 6) is 1.87. The number of hydrogen-bond donors (Lipinski definition) is 1. The highest BCUT2D eigenvalue weighted by Crippen LogP contribution is 2.35. The minimum absolute atomic E-state index is 0.143. The smallest absolute Gasteiger partial charge is 0.246 e. The summed E-state index contributed by atoms with van der Waals surface area (Å²) in [6.07, 6.45) is 2.19. The molecule has 1 saturated carbocycles. The highest BCUT2D eigenvalue weighted by molar-refractivity contribution is 5.82. The van der Waals surface area contributed by atoms with E-state index < -0.39 is 0 Å². The van der Waals surface area contributed by atoms with Crippen molar-refractivity contribution in [1.29, 1.82) is 0 Å². The number of aromatic hydroxyl groups is 1. The molecule has 1 aliphatic heterocycles. The molecule has 1 unspecified atom stereocenters. The fourth-order valence-corrected chi connectivity index (χ4v) is 2.92. The van der Waals surface area contributed by atoms with Crippen molar-refractivity contribution in [2.45, 2.75) is 38.4 Å². The Kier molecular flexibility index (Phi) is 2.54. The van der Waals surface area contributed by atoms with Crippen molar-refractivity contribution < 1.29 is 9.90 Å². The number of rotatable bonds is 2. The van der Waals surface area contributed by atoms with Crippen molar-refractivity contribution in [2.75, 3.05) is 0 Å². The summed E-state index contributed by atoms with van der Waals surface area (Å²) in [7, 11) is 0. The van der Waals surface area contributed by atoms with Crippen LogP contribution in [0, 0.1) is 0 Å². The van der Waals surface area contributed by atoms with E-state index in [9.17, 15) is 9.90 Å². The van der Waals surface area contributed by atoms with Gasteiger partial charge in [-0.25, -0.2) is 0 Å². The lowest BCUT2D eigenvalue weighted by atomic mass is 10.1. The number of amides is 1. The van der Waals surface area contributed by atoms with Crippen molar-refractivity contribution in [1.82, 2.24) is 19.7 Å². The van der Waals surface area contributed by atoms with Crippen molar-refractivity contribution in [3.63, 3.8) is 0 Å². The minimum atomic E-state index is -0.284. The standard InChI is InChI=1S/C15H16N4O2/c1-9-15(21)18(11-4-5-11)8-13-16-17-14(19(9)13)10-2-6-12(20)7-3-10/h2-3,6-7,9,11,20H,4-5,8H2,1H3. The summed E-state index contributed by atoms with van der Waals surface area (Å²) >= 11 is 0. The summed E-state index contributed by atoms with van der Waals surface area (Å²) in [4.78, 5) is 14.4. The molecule has 1 aromatic heterocycles. The molecule has 6 nitrogen and oxygen atoms in total. The molecule has 0 saturated heterocycles. The second kappa shape index (κ2) is 4.31. The molecule has 0 spiro atoms. The van der Waals surface area contributed by atoms with Gasteiger partial charge in [-0.3, -0.25) is 9.36 Å². The average molecular weight is 284 g/mol. The number of phenols is 1. The molecule has 2 aromatic rings. The van der Waals surface area contributed by atoms with Gasteiger partial charge in [0.25, 0.3) is 0 Å². The van der Waals surface area contributed by atoms with Crippen LogP contribution in [0.15, 0.2) is 24.3 Å². The van der Waals surface area contributed by atoms with Crippen LogP contribution in [-0.4, -0.2) is 36.7 Å². The normalized spacial score (nSPS) is 21.5. The van der Waals surface area contributed by atoms with Crippen LogP contribution in [0.25, 0.3) is 11.4 Å². The maximum atomic E-state index is 12.5. The van der Waals surface area contributed by atoms with Gasteiger partial charge in [0.2, 0.25) is 5.91 Å². The van der Waals surface area contributed by atoms with Gasteiger partial charge in [0.1, 0.15) is 11.8 Å². The molecule has 2 aliphatic rings. The predicted octanol–water partition coefficient (Wildman–Crippen LogP) is 1.72. The van der Waals surface area contributed by atoms with Gasteiger partial charge in [-0.1, -0.05) is 0 Å². The topological polar surface area (TPSA) is 71.2 Å². The highest BCUT2D eigenvalue weighted by Gasteiger charge is 2.40. The first-order chi connectivity index (χ1) is 10.1. The Morgan fingerprint density at radius 1 is 1.19 bits per heavy atom. The van der Waals surface area contributed by atoms with Gasteiger partial charge >= 0.3 is 0 Å². The van der Waals surface area contributed by atoms with Crippen LogP contribution >= 0.6 is 0 Å². The largest absolute Gasteiger partial charge is 0.508 e. The second-order valence-corrected chi connectivity index (χ2v) is 5.73. The molecule has 1 atom stereocenters. The van der Waals surface area contributed by atoms with Gasteiger partial charge in [-0.15, -0.1) is 10.2 Å². The first-order valence-corrected chi connectivity index (χ1v) is 7.19. The van der Waals surface area contributed by atoms with Crippen LogP contribution < -0.4 is 0 Å². The van der Waals surface area contributed by atoms with Crippen molar-refractivity contribution in [2.24, 2.45) is 0 Å². The first-order valence-electron chi connectivity index (χ1n) is 7.19. The molecule has 2 heterocycles. The molecular weight excluding hydrogens is 268 g/mol. The Bertz CT molecular complexity index is 703. The van der Waals surface area contributed by atoms with Crippen molar-refractivity contribution >= 4 is 5.91 Å². The number of carbonyl (C=O) groups excluding carboxylic acids is 1. The molecule has 108 valence electrons. The molecule has 0 radical (unpaired) electrons. The molecule has 0 bridgehead atoms. The zero-order valence-electron chi connectivity index (χ0n) is 11.7. The number of fused-ring (bicyclic) bond motifs is 1. The molecule has 1 amide bonds. The SMILES string of the molecule is CC1C(=O)N(C2CC2)Cc2nnc(-c3ccc(O)cc3)n21. The van der Waals surface area contributed by atoms with Crippen LogP contribution in [0.4, 0.5) is 0 Å². The zero-order valence-corrected chi connectivity index (χ0v) is 11.7. The fraction of sp³-hybridized carbons (Fsp3) is 0.400.